The van der Waals surface area contributed by atoms with Crippen LogP contribution in [0.15, 0.2) is 42.3 Å². The number of rotatable bonds is 5. The summed E-state index contributed by atoms with van der Waals surface area (Å²) in [6.45, 7) is 1.43. The van der Waals surface area contributed by atoms with Gasteiger partial charge in [-0.05, 0) is 18.2 Å². The van der Waals surface area contributed by atoms with Gasteiger partial charge in [0.1, 0.15) is 10.7 Å². The largest absolute Gasteiger partial charge is 0.454 e. The van der Waals surface area contributed by atoms with Crippen LogP contribution in [0.2, 0.25) is 0 Å². The molecular formula is C16H14N4O3S. The number of imidazole rings is 1. The summed E-state index contributed by atoms with van der Waals surface area (Å²) in [5.41, 5.74) is 1.32. The molecule has 24 heavy (non-hydrogen) atoms. The van der Waals surface area contributed by atoms with Crippen molar-refractivity contribution in [1.29, 1.82) is 0 Å². The molecule has 0 radical (unpaired) electrons. The standard InChI is InChI=1S/C16H14N4O3S/c21-15(18-4-6-20-5-3-17-9-20)12-8-24-16(19-12)11-1-2-13-14(7-11)23-10-22-13/h1-3,5,7-9H,4,6,10H2,(H,18,21). The molecule has 3 heterocycles. The number of benzene rings is 1. The number of carbonyl (C=O) groups is 1. The van der Waals surface area contributed by atoms with Crippen LogP contribution >= 0.6 is 11.3 Å². The van der Waals surface area contributed by atoms with E-state index < -0.39 is 0 Å². The third-order valence-electron chi connectivity index (χ3n) is 3.57. The zero-order chi connectivity index (χ0) is 16.4. The number of aromatic nitrogens is 3. The average Bonchev–Trinajstić information content (AvgIpc) is 3.34. The highest BCUT2D eigenvalue weighted by Gasteiger charge is 2.16. The lowest BCUT2D eigenvalue weighted by atomic mass is 10.2. The predicted octanol–water partition coefficient (Wildman–Crippen LogP) is 2.17. The number of ether oxygens (including phenoxy) is 2. The number of hydrogen-bond acceptors (Lipinski definition) is 6. The first-order valence-corrected chi connectivity index (χ1v) is 8.27. The lowest BCUT2D eigenvalue weighted by Crippen LogP contribution is -2.27. The van der Waals surface area contributed by atoms with Crippen molar-refractivity contribution in [2.45, 2.75) is 6.54 Å². The first kappa shape index (κ1) is 14.7. The molecule has 1 amide bonds. The maximum atomic E-state index is 12.2. The Hall–Kier alpha value is -2.87. The third-order valence-corrected chi connectivity index (χ3v) is 4.46. The minimum Gasteiger partial charge on any atom is -0.454 e. The van der Waals surface area contributed by atoms with Crippen molar-refractivity contribution in [1.82, 2.24) is 19.9 Å². The second-order valence-electron chi connectivity index (χ2n) is 5.16. The van der Waals surface area contributed by atoms with E-state index in [0.717, 1.165) is 16.3 Å². The number of nitrogens with zero attached hydrogens (tertiary/aromatic N) is 3. The van der Waals surface area contributed by atoms with Gasteiger partial charge in [0.15, 0.2) is 11.5 Å². The molecule has 1 aliphatic rings. The molecule has 8 heteroatoms. The van der Waals surface area contributed by atoms with Crippen LogP contribution < -0.4 is 14.8 Å². The van der Waals surface area contributed by atoms with Crippen LogP contribution in [0, 0.1) is 0 Å². The summed E-state index contributed by atoms with van der Waals surface area (Å²) in [6.07, 6.45) is 5.28. The SMILES string of the molecule is O=C(NCCn1ccnc1)c1csc(-c2ccc3c(c2)OCO3)n1. The summed E-state index contributed by atoms with van der Waals surface area (Å²) in [5.74, 6) is 1.25. The summed E-state index contributed by atoms with van der Waals surface area (Å²) >= 11 is 1.42. The van der Waals surface area contributed by atoms with Gasteiger partial charge in [0.25, 0.3) is 5.91 Å². The maximum Gasteiger partial charge on any atom is 0.270 e. The topological polar surface area (TPSA) is 78.3 Å². The first-order chi connectivity index (χ1) is 11.8. The molecule has 0 aliphatic carbocycles. The summed E-state index contributed by atoms with van der Waals surface area (Å²) < 4.78 is 12.6. The van der Waals surface area contributed by atoms with Gasteiger partial charge in [-0.3, -0.25) is 4.79 Å². The van der Waals surface area contributed by atoms with E-state index in [1.165, 1.54) is 11.3 Å². The van der Waals surface area contributed by atoms with Crippen LogP contribution in [-0.2, 0) is 6.54 Å². The fraction of sp³-hybridized carbons (Fsp3) is 0.188. The van der Waals surface area contributed by atoms with Crippen molar-refractivity contribution in [2.75, 3.05) is 13.3 Å². The van der Waals surface area contributed by atoms with Gasteiger partial charge in [-0.25, -0.2) is 9.97 Å². The highest BCUT2D eigenvalue weighted by molar-refractivity contribution is 7.13. The van der Waals surface area contributed by atoms with E-state index in [9.17, 15) is 4.79 Å². The van der Waals surface area contributed by atoms with Gasteiger partial charge in [0.2, 0.25) is 6.79 Å². The lowest BCUT2D eigenvalue weighted by Gasteiger charge is -2.03. The highest BCUT2D eigenvalue weighted by atomic mass is 32.1. The zero-order valence-electron chi connectivity index (χ0n) is 12.6. The van der Waals surface area contributed by atoms with Gasteiger partial charge in [-0.1, -0.05) is 0 Å². The molecule has 1 aromatic carbocycles. The van der Waals surface area contributed by atoms with E-state index in [2.05, 4.69) is 15.3 Å². The third kappa shape index (κ3) is 2.95. The molecule has 3 aromatic rings. The van der Waals surface area contributed by atoms with Crippen LogP contribution in [0.5, 0.6) is 11.5 Å². The molecule has 0 spiro atoms. The van der Waals surface area contributed by atoms with Crippen LogP contribution in [-0.4, -0.2) is 33.8 Å². The van der Waals surface area contributed by atoms with Crippen molar-refractivity contribution in [2.24, 2.45) is 0 Å². The number of nitrogens with one attached hydrogen (secondary N) is 1. The van der Waals surface area contributed by atoms with Crippen LogP contribution in [0.3, 0.4) is 0 Å². The monoisotopic (exact) mass is 342 g/mol. The smallest absolute Gasteiger partial charge is 0.270 e. The van der Waals surface area contributed by atoms with Gasteiger partial charge >= 0.3 is 0 Å². The van der Waals surface area contributed by atoms with Gasteiger partial charge < -0.3 is 19.4 Å². The van der Waals surface area contributed by atoms with Crippen molar-refractivity contribution in [3.8, 4) is 22.1 Å². The fourth-order valence-electron chi connectivity index (χ4n) is 2.35. The molecule has 1 N–H and O–H groups in total. The van der Waals surface area contributed by atoms with Crippen molar-refractivity contribution in [3.05, 3.63) is 48.0 Å². The normalized spacial score (nSPS) is 12.3. The number of carbonyl (C=O) groups excluding carboxylic acids is 1. The Labute approximate surface area is 141 Å². The van der Waals surface area contributed by atoms with Crippen LogP contribution in [0.1, 0.15) is 10.5 Å². The molecule has 1 aliphatic heterocycles. The number of fused-ring (bicyclic) bond motifs is 1. The quantitative estimate of drug-likeness (QED) is 0.769. The van der Waals surface area contributed by atoms with Crippen molar-refractivity contribution < 1.29 is 14.3 Å². The number of hydrogen-bond donors (Lipinski definition) is 1. The first-order valence-electron chi connectivity index (χ1n) is 7.39. The van der Waals surface area contributed by atoms with Gasteiger partial charge in [0, 0.05) is 36.4 Å². The molecule has 0 unspecified atom stereocenters. The lowest BCUT2D eigenvalue weighted by molar-refractivity contribution is 0.0948. The summed E-state index contributed by atoms with van der Waals surface area (Å²) in [6, 6.07) is 5.64. The van der Waals surface area contributed by atoms with Gasteiger partial charge in [-0.15, -0.1) is 11.3 Å². The van der Waals surface area contributed by atoms with E-state index in [4.69, 9.17) is 9.47 Å². The molecule has 2 aromatic heterocycles. The molecule has 0 bridgehead atoms. The maximum absolute atomic E-state index is 12.2. The van der Waals surface area contributed by atoms with Crippen molar-refractivity contribution in [3.63, 3.8) is 0 Å². The van der Waals surface area contributed by atoms with Crippen LogP contribution in [0.4, 0.5) is 0 Å². The molecule has 7 nitrogen and oxygen atoms in total. The Morgan fingerprint density at radius 2 is 2.25 bits per heavy atom. The number of thiazole rings is 1. The Morgan fingerprint density at radius 1 is 1.33 bits per heavy atom. The van der Waals surface area contributed by atoms with E-state index in [1.54, 1.807) is 17.9 Å². The Kier molecular flexibility index (Phi) is 3.87. The zero-order valence-corrected chi connectivity index (χ0v) is 13.5. The molecule has 4 rings (SSSR count). The van der Waals surface area contributed by atoms with Gasteiger partial charge in [0.05, 0.1) is 6.33 Å². The Bertz CT molecular complexity index is 860. The second kappa shape index (κ2) is 6.32. The summed E-state index contributed by atoms with van der Waals surface area (Å²) in [5, 5.41) is 5.38. The molecule has 0 atom stereocenters. The number of amides is 1. The minimum atomic E-state index is -0.182. The molecule has 122 valence electrons. The predicted molar refractivity (Wildman–Crippen MR) is 88.2 cm³/mol. The van der Waals surface area contributed by atoms with Crippen LogP contribution in [0.25, 0.3) is 10.6 Å². The summed E-state index contributed by atoms with van der Waals surface area (Å²) in [7, 11) is 0. The van der Waals surface area contributed by atoms with E-state index in [0.29, 0.717) is 24.5 Å². The minimum absolute atomic E-state index is 0.182. The van der Waals surface area contributed by atoms with E-state index in [-0.39, 0.29) is 12.7 Å². The van der Waals surface area contributed by atoms with E-state index >= 15 is 0 Å². The Balaban J connectivity index is 1.41. The Morgan fingerprint density at radius 3 is 3.12 bits per heavy atom. The highest BCUT2D eigenvalue weighted by Crippen LogP contribution is 2.36. The molecule has 0 saturated heterocycles. The second-order valence-corrected chi connectivity index (χ2v) is 6.02. The average molecular weight is 342 g/mol. The van der Waals surface area contributed by atoms with Crippen molar-refractivity contribution >= 4 is 17.2 Å². The molecule has 0 fully saturated rings. The summed E-state index contributed by atoms with van der Waals surface area (Å²) in [4.78, 5) is 20.5. The molecule has 0 saturated carbocycles. The van der Waals surface area contributed by atoms with Gasteiger partial charge in [-0.2, -0.15) is 0 Å². The van der Waals surface area contributed by atoms with E-state index in [1.807, 2.05) is 29.0 Å². The molecular weight excluding hydrogens is 328 g/mol. The fourth-order valence-corrected chi connectivity index (χ4v) is 3.15.